The Labute approximate surface area is 108 Å². The number of carbonyl (C=O) groups is 2. The number of hydrogen-bond donors (Lipinski definition) is 0. The van der Waals surface area contributed by atoms with Crippen molar-refractivity contribution in [3.05, 3.63) is 24.0 Å². The number of nitrogens with zero attached hydrogens (tertiary/aromatic N) is 1. The molecule has 0 radical (unpaired) electrons. The third-order valence-corrected chi connectivity index (χ3v) is 2.86. The van der Waals surface area contributed by atoms with E-state index in [1.807, 2.05) is 26.0 Å². The molecule has 1 amide bonds. The van der Waals surface area contributed by atoms with E-state index in [9.17, 15) is 9.59 Å². The SMILES string of the molecule is CC.O=CC1CCCN1C(=O)OC1=CCCC=C1. The van der Waals surface area contributed by atoms with E-state index in [-0.39, 0.29) is 6.04 Å². The minimum atomic E-state index is -0.410. The second-order valence-corrected chi connectivity index (χ2v) is 3.99. The highest BCUT2D eigenvalue weighted by molar-refractivity contribution is 5.75. The molecule has 1 heterocycles. The smallest absolute Gasteiger partial charge is 0.411 e. The van der Waals surface area contributed by atoms with Crippen molar-refractivity contribution < 1.29 is 14.3 Å². The van der Waals surface area contributed by atoms with E-state index in [1.165, 1.54) is 4.90 Å². The zero-order valence-corrected chi connectivity index (χ0v) is 11.1. The van der Waals surface area contributed by atoms with Crippen LogP contribution in [0, 0.1) is 0 Å². The molecule has 0 bridgehead atoms. The minimum Gasteiger partial charge on any atom is -0.411 e. The molecule has 1 atom stereocenters. The molecule has 1 saturated heterocycles. The molecule has 100 valence electrons. The maximum absolute atomic E-state index is 11.8. The number of carbonyl (C=O) groups excluding carboxylic acids is 2. The van der Waals surface area contributed by atoms with Crippen LogP contribution < -0.4 is 0 Å². The third kappa shape index (κ3) is 3.72. The normalized spacial score (nSPS) is 21.8. The predicted octanol–water partition coefficient (Wildman–Crippen LogP) is 3.05. The van der Waals surface area contributed by atoms with E-state index in [0.717, 1.165) is 32.0 Å². The van der Waals surface area contributed by atoms with Gasteiger partial charge in [0.2, 0.25) is 0 Å². The first kappa shape index (κ1) is 14.5. The van der Waals surface area contributed by atoms with Crippen LogP contribution in [0.25, 0.3) is 0 Å². The average Bonchev–Trinajstić information content (AvgIpc) is 2.90. The monoisotopic (exact) mass is 251 g/mol. The lowest BCUT2D eigenvalue weighted by atomic mass is 10.2. The van der Waals surface area contributed by atoms with Crippen LogP contribution in [0.15, 0.2) is 24.0 Å². The molecule has 2 aliphatic rings. The summed E-state index contributed by atoms with van der Waals surface area (Å²) in [7, 11) is 0. The van der Waals surface area contributed by atoms with Gasteiger partial charge in [-0.1, -0.05) is 19.9 Å². The van der Waals surface area contributed by atoms with Crippen molar-refractivity contribution in [2.75, 3.05) is 6.54 Å². The molecule has 0 saturated carbocycles. The maximum atomic E-state index is 11.8. The van der Waals surface area contributed by atoms with E-state index < -0.39 is 6.09 Å². The van der Waals surface area contributed by atoms with Crippen LogP contribution in [0.4, 0.5) is 4.79 Å². The lowest BCUT2D eigenvalue weighted by Crippen LogP contribution is -2.36. The fraction of sp³-hybridized carbons (Fsp3) is 0.571. The van der Waals surface area contributed by atoms with Gasteiger partial charge in [0.05, 0.1) is 6.04 Å². The van der Waals surface area contributed by atoms with E-state index in [0.29, 0.717) is 12.3 Å². The molecule has 4 heteroatoms. The molecule has 0 spiro atoms. The molecule has 1 aliphatic heterocycles. The lowest BCUT2D eigenvalue weighted by molar-refractivity contribution is -0.111. The van der Waals surface area contributed by atoms with E-state index >= 15 is 0 Å². The van der Waals surface area contributed by atoms with Crippen molar-refractivity contribution in [3.63, 3.8) is 0 Å². The van der Waals surface area contributed by atoms with E-state index in [4.69, 9.17) is 4.74 Å². The summed E-state index contributed by atoms with van der Waals surface area (Å²) < 4.78 is 5.21. The zero-order valence-electron chi connectivity index (χ0n) is 11.1. The van der Waals surface area contributed by atoms with Gasteiger partial charge in [-0.25, -0.2) is 4.79 Å². The van der Waals surface area contributed by atoms with Gasteiger partial charge >= 0.3 is 6.09 Å². The van der Waals surface area contributed by atoms with Gasteiger partial charge in [-0.3, -0.25) is 4.90 Å². The summed E-state index contributed by atoms with van der Waals surface area (Å²) >= 11 is 0. The quantitative estimate of drug-likeness (QED) is 0.709. The second kappa shape index (κ2) is 7.69. The molecular weight excluding hydrogens is 230 g/mol. The number of allylic oxidation sites excluding steroid dienone is 3. The molecule has 2 rings (SSSR count). The summed E-state index contributed by atoms with van der Waals surface area (Å²) in [6.07, 6.45) is 9.58. The maximum Gasteiger partial charge on any atom is 0.415 e. The standard InChI is InChI=1S/C12H15NO3.C2H6/c14-9-10-5-4-8-13(10)12(15)16-11-6-2-1-3-7-11;1-2/h2,6-7,9-10H,1,3-5,8H2;1-2H3. The van der Waals surface area contributed by atoms with Gasteiger partial charge in [0.1, 0.15) is 12.0 Å². The number of aldehydes is 1. The van der Waals surface area contributed by atoms with Crippen molar-refractivity contribution in [1.29, 1.82) is 0 Å². The largest absolute Gasteiger partial charge is 0.415 e. The van der Waals surface area contributed by atoms with Crippen LogP contribution in [0.2, 0.25) is 0 Å². The Bertz CT molecular complexity index is 347. The van der Waals surface area contributed by atoms with Gasteiger partial charge in [-0.15, -0.1) is 0 Å². The first-order chi connectivity index (χ1) is 8.81. The predicted molar refractivity (Wildman–Crippen MR) is 70.1 cm³/mol. The Morgan fingerprint density at radius 3 is 2.83 bits per heavy atom. The van der Waals surface area contributed by atoms with Crippen LogP contribution in [0.1, 0.15) is 39.5 Å². The second-order valence-electron chi connectivity index (χ2n) is 3.99. The fourth-order valence-electron chi connectivity index (χ4n) is 1.99. The van der Waals surface area contributed by atoms with Crippen LogP contribution in [-0.2, 0) is 9.53 Å². The van der Waals surface area contributed by atoms with Crippen LogP contribution in [0.5, 0.6) is 0 Å². The highest BCUT2D eigenvalue weighted by atomic mass is 16.6. The van der Waals surface area contributed by atoms with Gasteiger partial charge in [0.25, 0.3) is 0 Å². The molecule has 0 aromatic heterocycles. The van der Waals surface area contributed by atoms with E-state index in [2.05, 4.69) is 0 Å². The van der Waals surface area contributed by atoms with Gasteiger partial charge in [-0.05, 0) is 37.8 Å². The summed E-state index contributed by atoms with van der Waals surface area (Å²) in [5.41, 5.74) is 0. The van der Waals surface area contributed by atoms with Crippen LogP contribution >= 0.6 is 0 Å². The van der Waals surface area contributed by atoms with Crippen molar-refractivity contribution in [1.82, 2.24) is 4.90 Å². The third-order valence-electron chi connectivity index (χ3n) is 2.86. The number of rotatable bonds is 2. The summed E-state index contributed by atoms with van der Waals surface area (Å²) in [4.78, 5) is 24.0. The van der Waals surface area contributed by atoms with Gasteiger partial charge in [0, 0.05) is 6.54 Å². The highest BCUT2D eigenvalue weighted by Crippen LogP contribution is 2.19. The number of likely N-dealkylation sites (tertiary alicyclic amines) is 1. The number of amides is 1. The van der Waals surface area contributed by atoms with Gasteiger partial charge in [0.15, 0.2) is 0 Å². The highest BCUT2D eigenvalue weighted by Gasteiger charge is 2.29. The molecule has 18 heavy (non-hydrogen) atoms. The van der Waals surface area contributed by atoms with Crippen molar-refractivity contribution >= 4 is 12.4 Å². The van der Waals surface area contributed by atoms with Gasteiger partial charge in [-0.2, -0.15) is 0 Å². The molecule has 1 aliphatic carbocycles. The topological polar surface area (TPSA) is 46.6 Å². The number of ether oxygens (including phenoxy) is 1. The van der Waals surface area contributed by atoms with Crippen LogP contribution in [0.3, 0.4) is 0 Å². The van der Waals surface area contributed by atoms with Crippen molar-refractivity contribution in [3.8, 4) is 0 Å². The Morgan fingerprint density at radius 1 is 1.44 bits per heavy atom. The Hall–Kier alpha value is -1.58. The fourth-order valence-corrected chi connectivity index (χ4v) is 1.99. The molecule has 0 aromatic rings. The molecular formula is C14H21NO3. The summed E-state index contributed by atoms with van der Waals surface area (Å²) in [6.45, 7) is 4.61. The molecule has 0 N–H and O–H groups in total. The Morgan fingerprint density at radius 2 is 2.22 bits per heavy atom. The Balaban J connectivity index is 0.000000771. The van der Waals surface area contributed by atoms with Crippen molar-refractivity contribution in [2.24, 2.45) is 0 Å². The van der Waals surface area contributed by atoms with Crippen LogP contribution in [-0.4, -0.2) is 29.9 Å². The molecule has 1 unspecified atom stereocenters. The summed E-state index contributed by atoms with van der Waals surface area (Å²) in [6, 6.07) is -0.305. The summed E-state index contributed by atoms with van der Waals surface area (Å²) in [5.74, 6) is 0.591. The molecule has 0 aromatic carbocycles. The zero-order chi connectivity index (χ0) is 13.4. The number of hydrogen-bond acceptors (Lipinski definition) is 3. The first-order valence-electron chi connectivity index (χ1n) is 6.61. The molecule has 4 nitrogen and oxygen atoms in total. The average molecular weight is 251 g/mol. The first-order valence-corrected chi connectivity index (χ1v) is 6.61. The van der Waals surface area contributed by atoms with Gasteiger partial charge < -0.3 is 9.53 Å². The Kier molecular flexibility index (Phi) is 6.19. The summed E-state index contributed by atoms with van der Waals surface area (Å²) in [5, 5.41) is 0. The minimum absolute atomic E-state index is 0.305. The molecule has 1 fully saturated rings. The lowest BCUT2D eigenvalue weighted by Gasteiger charge is -2.20. The van der Waals surface area contributed by atoms with Crippen molar-refractivity contribution in [2.45, 2.75) is 45.6 Å². The van der Waals surface area contributed by atoms with E-state index in [1.54, 1.807) is 6.08 Å².